The van der Waals surface area contributed by atoms with Crippen molar-refractivity contribution in [3.8, 4) is 5.75 Å². The van der Waals surface area contributed by atoms with Gasteiger partial charge < -0.3 is 10.5 Å². The molecule has 29 heavy (non-hydrogen) atoms. The number of pyridine rings is 1. The number of nitrogens with two attached hydrogens (primary N) is 1. The van der Waals surface area contributed by atoms with Crippen LogP contribution in [-0.4, -0.2) is 10.2 Å². The van der Waals surface area contributed by atoms with Crippen LogP contribution in [0.4, 0.5) is 5.82 Å². The standard InChI is InChI=1S/C24H23N3OS.H2/c1-2-15-29-24(25)27-23-22(28-18-20-11-7-4-8-12-20)16-21(17-26-23)14-13-19-9-5-3-6-10-19;/h2-17H,18H2,1H3,(H2,25,26,27);1H/b14-13+,15-2+;. The number of hydrogen-bond acceptors (Lipinski definition) is 4. The summed E-state index contributed by atoms with van der Waals surface area (Å²) in [6, 6.07) is 22.0. The number of rotatable bonds is 7. The summed E-state index contributed by atoms with van der Waals surface area (Å²) in [6.07, 6.45) is 7.71. The first-order valence-corrected chi connectivity index (χ1v) is 10.1. The third-order valence-electron chi connectivity index (χ3n) is 3.90. The van der Waals surface area contributed by atoms with Crippen LogP contribution in [0.25, 0.3) is 12.2 Å². The van der Waals surface area contributed by atoms with E-state index >= 15 is 0 Å². The molecule has 2 aromatic carbocycles. The number of ether oxygens (including phenoxy) is 1. The molecule has 0 saturated heterocycles. The molecule has 3 rings (SSSR count). The van der Waals surface area contributed by atoms with Gasteiger partial charge >= 0.3 is 0 Å². The molecule has 0 fully saturated rings. The molecule has 0 amide bonds. The third kappa shape index (κ3) is 6.66. The minimum absolute atomic E-state index is 0. The number of benzene rings is 2. The highest BCUT2D eigenvalue weighted by Crippen LogP contribution is 2.28. The zero-order valence-electron chi connectivity index (χ0n) is 16.2. The minimum atomic E-state index is 0. The van der Waals surface area contributed by atoms with Crippen LogP contribution in [0.15, 0.2) is 89.4 Å². The van der Waals surface area contributed by atoms with Gasteiger partial charge in [0.2, 0.25) is 0 Å². The maximum absolute atomic E-state index is 6.03. The van der Waals surface area contributed by atoms with Crippen LogP contribution in [0.1, 0.15) is 25.0 Å². The first-order valence-electron chi connectivity index (χ1n) is 9.26. The van der Waals surface area contributed by atoms with Crippen LogP contribution in [0, 0.1) is 0 Å². The Morgan fingerprint density at radius 1 is 1.07 bits per heavy atom. The Morgan fingerprint density at radius 2 is 1.76 bits per heavy atom. The van der Waals surface area contributed by atoms with Gasteiger partial charge in [0.25, 0.3) is 0 Å². The summed E-state index contributed by atoms with van der Waals surface area (Å²) < 4.78 is 6.03. The molecule has 0 saturated carbocycles. The van der Waals surface area contributed by atoms with Gasteiger partial charge in [0.05, 0.1) is 0 Å². The second kappa shape index (κ2) is 10.9. The highest BCUT2D eigenvalue weighted by atomic mass is 32.2. The summed E-state index contributed by atoms with van der Waals surface area (Å²) in [4.78, 5) is 8.88. The maximum atomic E-state index is 6.03. The smallest absolute Gasteiger partial charge is 0.197 e. The van der Waals surface area contributed by atoms with Gasteiger partial charge in [-0.3, -0.25) is 0 Å². The van der Waals surface area contributed by atoms with Crippen molar-refractivity contribution in [2.24, 2.45) is 10.7 Å². The van der Waals surface area contributed by atoms with Gasteiger partial charge in [-0.05, 0) is 35.1 Å². The van der Waals surface area contributed by atoms with Crippen molar-refractivity contribution in [1.82, 2.24) is 4.98 Å². The molecule has 1 heterocycles. The van der Waals surface area contributed by atoms with Crippen LogP contribution < -0.4 is 10.5 Å². The maximum Gasteiger partial charge on any atom is 0.197 e. The molecule has 0 aliphatic heterocycles. The molecular formula is C24H25N3OS. The van der Waals surface area contributed by atoms with Crippen molar-refractivity contribution in [2.45, 2.75) is 13.5 Å². The number of nitrogens with zero attached hydrogens (tertiary/aromatic N) is 2. The van der Waals surface area contributed by atoms with Gasteiger partial charge in [-0.1, -0.05) is 90.7 Å². The molecule has 4 nitrogen and oxygen atoms in total. The molecule has 0 bridgehead atoms. The van der Waals surface area contributed by atoms with Crippen LogP contribution in [0.3, 0.4) is 0 Å². The van der Waals surface area contributed by atoms with E-state index in [4.69, 9.17) is 10.5 Å². The van der Waals surface area contributed by atoms with Crippen molar-refractivity contribution < 1.29 is 6.16 Å². The van der Waals surface area contributed by atoms with Crippen LogP contribution in [0.2, 0.25) is 0 Å². The summed E-state index contributed by atoms with van der Waals surface area (Å²) in [6.45, 7) is 2.36. The largest absolute Gasteiger partial charge is 0.485 e. The molecule has 3 aromatic rings. The number of hydrogen-bond donors (Lipinski definition) is 1. The first kappa shape index (κ1) is 20.4. The van der Waals surface area contributed by atoms with Crippen molar-refractivity contribution in [2.75, 3.05) is 0 Å². The molecule has 1 aromatic heterocycles. The monoisotopic (exact) mass is 403 g/mol. The average Bonchev–Trinajstić information content (AvgIpc) is 2.77. The van der Waals surface area contributed by atoms with Gasteiger partial charge in [0.1, 0.15) is 6.61 Å². The van der Waals surface area contributed by atoms with E-state index in [1.54, 1.807) is 6.20 Å². The minimum Gasteiger partial charge on any atom is -0.485 e. The van der Waals surface area contributed by atoms with Crippen LogP contribution >= 0.6 is 11.8 Å². The SMILES string of the molecule is C/C=C/S/C(N)=N\c1ncc(/C=C/c2ccccc2)cc1OCc1ccccc1.[HH]. The quantitative estimate of drug-likeness (QED) is 0.372. The number of allylic oxidation sites excluding steroid dienone is 1. The highest BCUT2D eigenvalue weighted by Gasteiger charge is 2.07. The Hall–Kier alpha value is -3.31. The van der Waals surface area contributed by atoms with Gasteiger partial charge in [0.15, 0.2) is 16.7 Å². The molecule has 0 unspecified atom stereocenters. The molecule has 148 valence electrons. The first-order chi connectivity index (χ1) is 14.2. The molecule has 2 N–H and O–H groups in total. The van der Waals surface area contributed by atoms with Gasteiger partial charge in [0, 0.05) is 7.62 Å². The topological polar surface area (TPSA) is 60.5 Å². The van der Waals surface area contributed by atoms with E-state index in [1.165, 1.54) is 11.8 Å². The number of aromatic nitrogens is 1. The average molecular weight is 404 g/mol. The number of amidine groups is 1. The van der Waals surface area contributed by atoms with E-state index in [-0.39, 0.29) is 1.43 Å². The molecular weight excluding hydrogens is 378 g/mol. The van der Waals surface area contributed by atoms with E-state index in [9.17, 15) is 0 Å². The van der Waals surface area contributed by atoms with Gasteiger partial charge in [-0.15, -0.1) is 0 Å². The molecule has 5 heteroatoms. The van der Waals surface area contributed by atoms with E-state index in [2.05, 4.69) is 22.1 Å². The molecule has 0 radical (unpaired) electrons. The fraction of sp³-hybridized carbons (Fsp3) is 0.0833. The van der Waals surface area contributed by atoms with Crippen LogP contribution in [-0.2, 0) is 6.61 Å². The predicted molar refractivity (Wildman–Crippen MR) is 126 cm³/mol. The molecule has 0 atom stereocenters. The summed E-state index contributed by atoms with van der Waals surface area (Å²) in [5.41, 5.74) is 9.11. The second-order valence-electron chi connectivity index (χ2n) is 6.15. The zero-order valence-corrected chi connectivity index (χ0v) is 17.0. The second-order valence-corrected chi connectivity index (χ2v) is 7.07. The number of thioether (sulfide) groups is 1. The lowest BCUT2D eigenvalue weighted by Crippen LogP contribution is -2.05. The van der Waals surface area contributed by atoms with Crippen molar-refractivity contribution in [3.05, 3.63) is 101 Å². The van der Waals surface area contributed by atoms with E-state index < -0.39 is 0 Å². The fourth-order valence-corrected chi connectivity index (χ4v) is 2.91. The van der Waals surface area contributed by atoms with Crippen molar-refractivity contribution in [3.63, 3.8) is 0 Å². The zero-order chi connectivity index (χ0) is 20.3. The summed E-state index contributed by atoms with van der Waals surface area (Å²) >= 11 is 1.34. The van der Waals surface area contributed by atoms with E-state index in [1.807, 2.05) is 85.2 Å². The third-order valence-corrected chi connectivity index (χ3v) is 4.64. The lowest BCUT2D eigenvalue weighted by molar-refractivity contribution is 0.306. The summed E-state index contributed by atoms with van der Waals surface area (Å²) in [5.74, 6) is 1.06. The molecule has 0 aliphatic rings. The lowest BCUT2D eigenvalue weighted by Gasteiger charge is -2.10. The Balaban J connectivity index is 0.00000320. The van der Waals surface area contributed by atoms with Crippen molar-refractivity contribution in [1.29, 1.82) is 0 Å². The van der Waals surface area contributed by atoms with Gasteiger partial charge in [-0.2, -0.15) is 0 Å². The highest BCUT2D eigenvalue weighted by molar-refractivity contribution is 8.16. The Labute approximate surface area is 177 Å². The molecule has 0 spiro atoms. The summed E-state index contributed by atoms with van der Waals surface area (Å²) in [5, 5.41) is 2.29. The number of aliphatic imine (C=N–C) groups is 1. The predicted octanol–water partition coefficient (Wildman–Crippen LogP) is 6.29. The normalized spacial score (nSPS) is 12.0. The van der Waals surface area contributed by atoms with Crippen LogP contribution in [0.5, 0.6) is 5.75 Å². The molecule has 0 aliphatic carbocycles. The lowest BCUT2D eigenvalue weighted by atomic mass is 10.1. The summed E-state index contributed by atoms with van der Waals surface area (Å²) in [7, 11) is 0. The Bertz CT molecular complexity index is 1010. The van der Waals surface area contributed by atoms with E-state index in [0.29, 0.717) is 23.3 Å². The fourth-order valence-electron chi connectivity index (χ4n) is 2.49. The van der Waals surface area contributed by atoms with E-state index in [0.717, 1.165) is 16.7 Å². The van der Waals surface area contributed by atoms with Gasteiger partial charge in [-0.25, -0.2) is 9.98 Å². The Morgan fingerprint density at radius 3 is 2.48 bits per heavy atom. The Kier molecular flexibility index (Phi) is 7.66. The van der Waals surface area contributed by atoms with Crippen molar-refractivity contribution >= 4 is 34.9 Å².